The van der Waals surface area contributed by atoms with Crippen LogP contribution in [0.15, 0.2) is 22.7 Å². The third kappa shape index (κ3) is 2.56. The number of nitrogens with zero attached hydrogens (tertiary/aromatic N) is 2. The first-order chi connectivity index (χ1) is 8.28. The molecule has 18 heavy (non-hydrogen) atoms. The number of aryl methyl sites for hydroxylation is 1. The van der Waals surface area contributed by atoms with Gasteiger partial charge in [-0.1, -0.05) is 15.9 Å². The first kappa shape index (κ1) is 13.1. The zero-order chi connectivity index (χ0) is 13.5. The third-order valence-corrected chi connectivity index (χ3v) is 2.85. The highest BCUT2D eigenvalue weighted by atomic mass is 79.9. The molecular weight excluding hydrogens is 296 g/mol. The van der Waals surface area contributed by atoms with E-state index in [-0.39, 0.29) is 0 Å². The van der Waals surface area contributed by atoms with Gasteiger partial charge in [-0.2, -0.15) is 0 Å². The average Bonchev–Trinajstić information content (AvgIpc) is 2.50. The van der Waals surface area contributed by atoms with Gasteiger partial charge in [0.15, 0.2) is 0 Å². The van der Waals surface area contributed by atoms with Crippen molar-refractivity contribution in [2.45, 2.75) is 33.3 Å². The second-order valence-corrected chi connectivity index (χ2v) is 6.02. The Morgan fingerprint density at radius 2 is 2.06 bits per heavy atom. The number of rotatable bonds is 0. The van der Waals surface area contributed by atoms with Crippen molar-refractivity contribution in [3.05, 3.63) is 28.5 Å². The van der Waals surface area contributed by atoms with E-state index in [1.54, 1.807) is 6.92 Å². The summed E-state index contributed by atoms with van der Waals surface area (Å²) in [6.45, 7) is 7.32. The Bertz CT molecular complexity index is 611. The quantitative estimate of drug-likeness (QED) is 0.741. The predicted octanol–water partition coefficient (Wildman–Crippen LogP) is 3.89. The fourth-order valence-electron chi connectivity index (χ4n) is 1.71. The van der Waals surface area contributed by atoms with Crippen molar-refractivity contribution in [3.8, 4) is 0 Å². The van der Waals surface area contributed by atoms with Gasteiger partial charge in [-0.3, -0.25) is 0 Å². The van der Waals surface area contributed by atoms with Crippen LogP contribution in [0.5, 0.6) is 0 Å². The van der Waals surface area contributed by atoms with Crippen molar-refractivity contribution in [2.75, 3.05) is 0 Å². The molecule has 4 nitrogen and oxygen atoms in total. The van der Waals surface area contributed by atoms with Crippen LogP contribution in [0.4, 0.5) is 4.79 Å². The summed E-state index contributed by atoms with van der Waals surface area (Å²) in [6.07, 6.45) is -0.402. The molecule has 0 radical (unpaired) electrons. The van der Waals surface area contributed by atoms with Gasteiger partial charge in [0.25, 0.3) is 0 Å². The van der Waals surface area contributed by atoms with Crippen LogP contribution in [0.3, 0.4) is 0 Å². The second kappa shape index (κ2) is 4.39. The summed E-state index contributed by atoms with van der Waals surface area (Å²) in [5.74, 6) is 0.623. The maximum Gasteiger partial charge on any atom is 0.420 e. The molecule has 0 saturated carbocycles. The van der Waals surface area contributed by atoms with Gasteiger partial charge >= 0.3 is 6.09 Å². The molecule has 0 amide bonds. The maximum atomic E-state index is 12.2. The van der Waals surface area contributed by atoms with Gasteiger partial charge in [-0.15, -0.1) is 0 Å². The number of fused-ring (bicyclic) bond motifs is 1. The molecule has 96 valence electrons. The van der Waals surface area contributed by atoms with E-state index < -0.39 is 11.7 Å². The van der Waals surface area contributed by atoms with Gasteiger partial charge in [0, 0.05) is 4.47 Å². The molecule has 0 spiro atoms. The summed E-state index contributed by atoms with van der Waals surface area (Å²) in [4.78, 5) is 16.5. The highest BCUT2D eigenvalue weighted by molar-refractivity contribution is 9.10. The topological polar surface area (TPSA) is 44.1 Å². The summed E-state index contributed by atoms with van der Waals surface area (Å²) < 4.78 is 7.77. The molecular formula is C13H15BrN2O2. The first-order valence-electron chi connectivity index (χ1n) is 5.66. The van der Waals surface area contributed by atoms with Crippen LogP contribution in [0, 0.1) is 6.92 Å². The molecule has 0 saturated heterocycles. The number of aromatic nitrogens is 2. The lowest BCUT2D eigenvalue weighted by Gasteiger charge is -2.20. The maximum absolute atomic E-state index is 12.2. The number of imidazole rings is 1. The molecule has 0 fully saturated rings. The number of benzene rings is 1. The Morgan fingerprint density at radius 1 is 1.39 bits per heavy atom. The van der Waals surface area contributed by atoms with E-state index in [0.717, 1.165) is 15.5 Å². The van der Waals surface area contributed by atoms with Crippen LogP contribution >= 0.6 is 15.9 Å². The van der Waals surface area contributed by atoms with Crippen molar-refractivity contribution >= 4 is 33.1 Å². The molecule has 0 bridgehead atoms. The van der Waals surface area contributed by atoms with Gasteiger partial charge in [-0.25, -0.2) is 14.3 Å². The van der Waals surface area contributed by atoms with Crippen LogP contribution in [0.2, 0.25) is 0 Å². The molecule has 1 aromatic carbocycles. The molecule has 0 atom stereocenters. The minimum atomic E-state index is -0.522. The number of ether oxygens (including phenoxy) is 1. The van der Waals surface area contributed by atoms with E-state index in [1.807, 2.05) is 39.0 Å². The monoisotopic (exact) mass is 310 g/mol. The number of halogens is 1. The number of carbonyl (C=O) groups excluding carboxylic acids is 1. The minimum Gasteiger partial charge on any atom is -0.443 e. The van der Waals surface area contributed by atoms with E-state index in [1.165, 1.54) is 4.57 Å². The Hall–Kier alpha value is -1.36. The number of carbonyl (C=O) groups is 1. The number of hydrogen-bond donors (Lipinski definition) is 0. The Kier molecular flexibility index (Phi) is 3.19. The lowest BCUT2D eigenvalue weighted by atomic mass is 10.2. The van der Waals surface area contributed by atoms with E-state index in [4.69, 9.17) is 4.74 Å². The van der Waals surface area contributed by atoms with Gasteiger partial charge in [-0.05, 0) is 45.9 Å². The zero-order valence-electron chi connectivity index (χ0n) is 10.8. The van der Waals surface area contributed by atoms with Crippen molar-refractivity contribution in [1.29, 1.82) is 0 Å². The fraction of sp³-hybridized carbons (Fsp3) is 0.385. The molecule has 0 aliphatic carbocycles. The first-order valence-corrected chi connectivity index (χ1v) is 6.45. The normalized spacial score (nSPS) is 11.8. The third-order valence-electron chi connectivity index (χ3n) is 2.36. The van der Waals surface area contributed by atoms with E-state index >= 15 is 0 Å². The van der Waals surface area contributed by atoms with Crippen LogP contribution in [0.1, 0.15) is 26.6 Å². The standard InChI is InChI=1S/C13H15BrN2O2/c1-8-15-10-6-5-9(14)7-11(10)16(8)12(17)18-13(2,3)4/h5-7H,1-4H3. The van der Waals surface area contributed by atoms with Crippen LogP contribution in [0.25, 0.3) is 11.0 Å². The zero-order valence-corrected chi connectivity index (χ0v) is 12.4. The minimum absolute atomic E-state index is 0.402. The molecule has 0 aliphatic heterocycles. The Labute approximate surface area is 114 Å². The van der Waals surface area contributed by atoms with Crippen molar-refractivity contribution in [3.63, 3.8) is 0 Å². The SMILES string of the molecule is Cc1nc2ccc(Br)cc2n1C(=O)OC(C)(C)C. The predicted molar refractivity (Wildman–Crippen MR) is 73.8 cm³/mol. The van der Waals surface area contributed by atoms with Crippen LogP contribution < -0.4 is 0 Å². The van der Waals surface area contributed by atoms with Crippen molar-refractivity contribution < 1.29 is 9.53 Å². The molecule has 1 heterocycles. The van der Waals surface area contributed by atoms with Gasteiger partial charge in [0.1, 0.15) is 11.4 Å². The molecule has 5 heteroatoms. The Balaban J connectivity index is 2.53. The van der Waals surface area contributed by atoms with Gasteiger partial charge in [0.2, 0.25) is 0 Å². The molecule has 2 rings (SSSR count). The fourth-order valence-corrected chi connectivity index (χ4v) is 2.06. The lowest BCUT2D eigenvalue weighted by molar-refractivity contribution is 0.0540. The van der Waals surface area contributed by atoms with Crippen molar-refractivity contribution in [2.24, 2.45) is 0 Å². The highest BCUT2D eigenvalue weighted by Gasteiger charge is 2.21. The van der Waals surface area contributed by atoms with Crippen molar-refractivity contribution in [1.82, 2.24) is 9.55 Å². The Morgan fingerprint density at radius 3 is 2.67 bits per heavy atom. The van der Waals surface area contributed by atoms with Gasteiger partial charge in [0.05, 0.1) is 11.0 Å². The van der Waals surface area contributed by atoms with Crippen LogP contribution in [-0.2, 0) is 4.74 Å². The summed E-state index contributed by atoms with van der Waals surface area (Å²) >= 11 is 3.39. The summed E-state index contributed by atoms with van der Waals surface area (Å²) in [5.41, 5.74) is 1.00. The van der Waals surface area contributed by atoms with Crippen LogP contribution in [-0.4, -0.2) is 21.2 Å². The second-order valence-electron chi connectivity index (χ2n) is 5.11. The molecule has 0 aliphatic rings. The molecule has 0 unspecified atom stereocenters. The smallest absolute Gasteiger partial charge is 0.420 e. The van der Waals surface area contributed by atoms with E-state index in [0.29, 0.717) is 5.82 Å². The average molecular weight is 311 g/mol. The highest BCUT2D eigenvalue weighted by Crippen LogP contribution is 2.22. The molecule has 1 aromatic heterocycles. The number of hydrogen-bond acceptors (Lipinski definition) is 3. The van der Waals surface area contributed by atoms with E-state index in [2.05, 4.69) is 20.9 Å². The van der Waals surface area contributed by atoms with Gasteiger partial charge < -0.3 is 4.74 Å². The lowest BCUT2D eigenvalue weighted by Crippen LogP contribution is -2.27. The largest absolute Gasteiger partial charge is 0.443 e. The molecule has 2 aromatic rings. The van der Waals surface area contributed by atoms with E-state index in [9.17, 15) is 4.79 Å². The summed E-state index contributed by atoms with van der Waals surface area (Å²) in [6, 6.07) is 5.63. The summed E-state index contributed by atoms with van der Waals surface area (Å²) in [5, 5.41) is 0. The summed E-state index contributed by atoms with van der Waals surface area (Å²) in [7, 11) is 0. The molecule has 0 N–H and O–H groups in total.